The molecule has 0 bridgehead atoms. The highest BCUT2D eigenvalue weighted by Crippen LogP contribution is 2.29. The van der Waals surface area contributed by atoms with Crippen molar-refractivity contribution in [3.63, 3.8) is 0 Å². The molecule has 0 aromatic heterocycles. The van der Waals surface area contributed by atoms with Gasteiger partial charge in [0.1, 0.15) is 23.1 Å². The van der Waals surface area contributed by atoms with Crippen LogP contribution in [0.3, 0.4) is 0 Å². The van der Waals surface area contributed by atoms with E-state index in [0.717, 1.165) is 13.0 Å². The van der Waals surface area contributed by atoms with Crippen LogP contribution in [0.25, 0.3) is 0 Å². The lowest BCUT2D eigenvalue weighted by Crippen LogP contribution is -2.20. The summed E-state index contributed by atoms with van der Waals surface area (Å²) in [5.41, 5.74) is 0.431. The summed E-state index contributed by atoms with van der Waals surface area (Å²) in [6, 6.07) is 6.94. The molecular weight excluding hydrogens is 308 g/mol. The number of rotatable bonds is 9. The zero-order valence-corrected chi connectivity index (χ0v) is 14.5. The Morgan fingerprint density at radius 2 is 2.08 bits per heavy atom. The van der Waals surface area contributed by atoms with Gasteiger partial charge in [-0.05, 0) is 39.2 Å². The van der Waals surface area contributed by atoms with E-state index < -0.39 is 5.91 Å². The van der Waals surface area contributed by atoms with Crippen LogP contribution in [0.2, 0.25) is 0 Å². The third kappa shape index (κ3) is 6.18. The second-order valence-corrected chi connectivity index (χ2v) is 5.30. The van der Waals surface area contributed by atoms with E-state index in [2.05, 4.69) is 15.5 Å². The molecule has 0 spiro atoms. The smallest absolute Gasteiger partial charge is 0.267 e. The van der Waals surface area contributed by atoms with E-state index in [1.807, 2.05) is 20.2 Å². The molecule has 0 saturated heterocycles. The number of methoxy groups -OCH3 is 2. The van der Waals surface area contributed by atoms with Gasteiger partial charge in [0, 0.05) is 18.8 Å². The van der Waals surface area contributed by atoms with Gasteiger partial charge in [0.2, 0.25) is 0 Å². The number of nitrogens with zero attached hydrogens (tertiary/aromatic N) is 2. The molecule has 1 aromatic rings. The van der Waals surface area contributed by atoms with E-state index in [1.54, 1.807) is 18.2 Å². The summed E-state index contributed by atoms with van der Waals surface area (Å²) in [4.78, 5) is 14.3. The summed E-state index contributed by atoms with van der Waals surface area (Å²) in [6.07, 6.45) is 2.34. The largest absolute Gasteiger partial charge is 0.497 e. The van der Waals surface area contributed by atoms with Crippen LogP contribution in [0.5, 0.6) is 11.5 Å². The Hall–Kier alpha value is -2.72. The Morgan fingerprint density at radius 1 is 1.33 bits per heavy atom. The van der Waals surface area contributed by atoms with Crippen LogP contribution in [0, 0.1) is 11.3 Å². The van der Waals surface area contributed by atoms with E-state index in [4.69, 9.17) is 14.7 Å². The highest BCUT2D eigenvalue weighted by atomic mass is 16.5. The third-order valence-electron chi connectivity index (χ3n) is 3.19. The molecule has 1 rings (SSSR count). The number of anilines is 1. The highest BCUT2D eigenvalue weighted by molar-refractivity contribution is 6.07. The first-order valence-corrected chi connectivity index (χ1v) is 7.53. The second kappa shape index (κ2) is 10.1. The molecule has 0 unspecified atom stereocenters. The van der Waals surface area contributed by atoms with Gasteiger partial charge in [-0.25, -0.2) is 0 Å². The van der Waals surface area contributed by atoms with Crippen LogP contribution >= 0.6 is 0 Å². The molecule has 0 aliphatic rings. The first-order valence-electron chi connectivity index (χ1n) is 7.53. The lowest BCUT2D eigenvalue weighted by molar-refractivity contribution is -0.112. The lowest BCUT2D eigenvalue weighted by atomic mass is 10.2. The maximum Gasteiger partial charge on any atom is 0.267 e. The minimum atomic E-state index is -0.510. The Morgan fingerprint density at radius 3 is 2.67 bits per heavy atom. The summed E-state index contributed by atoms with van der Waals surface area (Å²) in [6.45, 7) is 1.61. The van der Waals surface area contributed by atoms with Crippen molar-refractivity contribution in [2.24, 2.45) is 0 Å². The number of carbonyl (C=O) groups excluding carboxylic acids is 1. The molecule has 0 aliphatic carbocycles. The molecule has 1 aromatic carbocycles. The van der Waals surface area contributed by atoms with Gasteiger partial charge >= 0.3 is 0 Å². The van der Waals surface area contributed by atoms with Gasteiger partial charge in [-0.3, -0.25) is 4.79 Å². The van der Waals surface area contributed by atoms with Gasteiger partial charge in [0.25, 0.3) is 5.91 Å². The van der Waals surface area contributed by atoms with Crippen molar-refractivity contribution >= 4 is 11.6 Å². The van der Waals surface area contributed by atoms with Crippen molar-refractivity contribution in [1.82, 2.24) is 10.2 Å². The molecular formula is C17H24N4O3. The molecule has 130 valence electrons. The summed E-state index contributed by atoms with van der Waals surface area (Å²) in [5, 5.41) is 14.8. The Kier molecular flexibility index (Phi) is 8.16. The minimum Gasteiger partial charge on any atom is -0.497 e. The fourth-order valence-corrected chi connectivity index (χ4v) is 1.92. The quantitative estimate of drug-likeness (QED) is 0.406. The van der Waals surface area contributed by atoms with Gasteiger partial charge in [-0.2, -0.15) is 5.26 Å². The van der Waals surface area contributed by atoms with Gasteiger partial charge < -0.3 is 25.0 Å². The first-order chi connectivity index (χ1) is 11.5. The standard InChI is InChI=1S/C17H24N4O3/c1-21(2)9-5-8-19-12-13(11-18)17(22)20-15-10-14(23-3)6-7-16(15)24-4/h6-7,10,12,19H,5,8-9H2,1-4H3,(H,20,22)/b13-12-. The summed E-state index contributed by atoms with van der Waals surface area (Å²) in [5.74, 6) is 0.556. The van der Waals surface area contributed by atoms with Crippen LogP contribution < -0.4 is 20.1 Å². The molecule has 7 nitrogen and oxygen atoms in total. The maximum atomic E-state index is 12.2. The fraction of sp³-hybridized carbons (Fsp3) is 0.412. The Balaban J connectivity index is 2.72. The molecule has 0 radical (unpaired) electrons. The molecule has 0 heterocycles. The normalized spacial score (nSPS) is 10.9. The fourth-order valence-electron chi connectivity index (χ4n) is 1.92. The van der Waals surface area contributed by atoms with Gasteiger partial charge in [0.05, 0.1) is 19.9 Å². The van der Waals surface area contributed by atoms with E-state index in [-0.39, 0.29) is 5.57 Å². The number of hydrogen-bond acceptors (Lipinski definition) is 6. The van der Waals surface area contributed by atoms with Crippen molar-refractivity contribution in [3.8, 4) is 17.6 Å². The van der Waals surface area contributed by atoms with Crippen molar-refractivity contribution in [2.75, 3.05) is 46.7 Å². The molecule has 1 amide bonds. The zero-order chi connectivity index (χ0) is 17.9. The van der Waals surface area contributed by atoms with Crippen molar-refractivity contribution in [1.29, 1.82) is 5.26 Å². The average Bonchev–Trinajstić information content (AvgIpc) is 2.57. The van der Waals surface area contributed by atoms with E-state index in [1.165, 1.54) is 20.4 Å². The Labute approximate surface area is 142 Å². The summed E-state index contributed by atoms with van der Waals surface area (Å²) in [7, 11) is 7.02. The number of ether oxygens (including phenoxy) is 2. The molecule has 0 fully saturated rings. The predicted molar refractivity (Wildman–Crippen MR) is 93.0 cm³/mol. The van der Waals surface area contributed by atoms with Gasteiger partial charge in [-0.1, -0.05) is 0 Å². The topological polar surface area (TPSA) is 86.6 Å². The highest BCUT2D eigenvalue weighted by Gasteiger charge is 2.13. The number of amides is 1. The van der Waals surface area contributed by atoms with Crippen molar-refractivity contribution in [2.45, 2.75) is 6.42 Å². The summed E-state index contributed by atoms with van der Waals surface area (Å²) < 4.78 is 10.3. The minimum absolute atomic E-state index is 0.00951. The molecule has 7 heteroatoms. The number of benzene rings is 1. The molecule has 0 saturated carbocycles. The third-order valence-corrected chi connectivity index (χ3v) is 3.19. The van der Waals surface area contributed by atoms with Gasteiger partial charge in [0.15, 0.2) is 0 Å². The molecule has 0 atom stereocenters. The second-order valence-electron chi connectivity index (χ2n) is 5.30. The van der Waals surface area contributed by atoms with Crippen LogP contribution in [-0.2, 0) is 4.79 Å². The van der Waals surface area contributed by atoms with E-state index in [0.29, 0.717) is 23.7 Å². The SMILES string of the molecule is COc1ccc(OC)c(NC(=O)/C(C#N)=C\NCCCN(C)C)c1. The lowest BCUT2D eigenvalue weighted by Gasteiger charge is -2.11. The molecule has 24 heavy (non-hydrogen) atoms. The van der Waals surface area contributed by atoms with Crippen LogP contribution in [0.15, 0.2) is 30.0 Å². The zero-order valence-electron chi connectivity index (χ0n) is 14.5. The maximum absolute atomic E-state index is 12.2. The monoisotopic (exact) mass is 332 g/mol. The van der Waals surface area contributed by atoms with Crippen LogP contribution in [0.4, 0.5) is 5.69 Å². The first kappa shape index (κ1) is 19.3. The summed E-state index contributed by atoms with van der Waals surface area (Å²) >= 11 is 0. The number of carbonyl (C=O) groups is 1. The molecule has 0 aliphatic heterocycles. The van der Waals surface area contributed by atoms with Crippen LogP contribution in [0.1, 0.15) is 6.42 Å². The van der Waals surface area contributed by atoms with Crippen molar-refractivity contribution < 1.29 is 14.3 Å². The van der Waals surface area contributed by atoms with E-state index >= 15 is 0 Å². The van der Waals surface area contributed by atoms with E-state index in [9.17, 15) is 4.79 Å². The van der Waals surface area contributed by atoms with Gasteiger partial charge in [-0.15, -0.1) is 0 Å². The predicted octanol–water partition coefficient (Wildman–Crippen LogP) is 1.59. The Bertz CT molecular complexity index is 621. The molecule has 2 N–H and O–H groups in total. The number of nitrogens with one attached hydrogen (secondary N) is 2. The number of hydrogen-bond donors (Lipinski definition) is 2. The van der Waals surface area contributed by atoms with Crippen molar-refractivity contribution in [3.05, 3.63) is 30.0 Å². The average molecular weight is 332 g/mol. The number of nitriles is 1. The van der Waals surface area contributed by atoms with Crippen LogP contribution in [-0.4, -0.2) is 52.2 Å².